The average Bonchev–Trinajstić information content (AvgIpc) is 3.11. The van der Waals surface area contributed by atoms with Crippen LogP contribution < -0.4 is 0 Å². The molecule has 0 spiro atoms. The van der Waals surface area contributed by atoms with Gasteiger partial charge in [-0.25, -0.2) is 9.97 Å². The van der Waals surface area contributed by atoms with Gasteiger partial charge in [0.25, 0.3) is 5.91 Å². The molecule has 3 aliphatic rings. The van der Waals surface area contributed by atoms with E-state index < -0.39 is 0 Å². The summed E-state index contributed by atoms with van der Waals surface area (Å²) in [6.07, 6.45) is 11.6. The molecule has 0 saturated carbocycles. The molecule has 0 N–H and O–H groups in total. The summed E-state index contributed by atoms with van der Waals surface area (Å²) in [6, 6.07) is 0.169. The number of amides is 1. The highest BCUT2D eigenvalue weighted by molar-refractivity contribution is 5.94. The highest BCUT2D eigenvalue weighted by Gasteiger charge is 2.48. The molecular weight excluding hydrogens is 328 g/mol. The first-order valence-electron chi connectivity index (χ1n) is 9.76. The lowest BCUT2D eigenvalue weighted by Gasteiger charge is -2.50. The van der Waals surface area contributed by atoms with Gasteiger partial charge in [0.15, 0.2) is 5.69 Å². The van der Waals surface area contributed by atoms with Gasteiger partial charge < -0.3 is 9.42 Å². The number of hydrogen-bond donors (Lipinski definition) is 0. The van der Waals surface area contributed by atoms with E-state index in [1.165, 1.54) is 5.56 Å². The molecule has 2 aliphatic carbocycles. The van der Waals surface area contributed by atoms with Crippen LogP contribution in [0.3, 0.4) is 0 Å². The summed E-state index contributed by atoms with van der Waals surface area (Å²) in [5.74, 6) is 0.964. The number of aromatic nitrogens is 3. The summed E-state index contributed by atoms with van der Waals surface area (Å²) in [5, 5.41) is 4.19. The molecule has 6 nitrogen and oxygen atoms in total. The van der Waals surface area contributed by atoms with Crippen LogP contribution in [-0.4, -0.2) is 38.5 Å². The highest BCUT2D eigenvalue weighted by Crippen LogP contribution is 2.45. The van der Waals surface area contributed by atoms with Gasteiger partial charge in [-0.15, -0.1) is 0 Å². The van der Waals surface area contributed by atoms with Crippen molar-refractivity contribution in [2.45, 2.75) is 69.7 Å². The normalized spacial score (nSPS) is 27.4. The maximum Gasteiger partial charge on any atom is 0.276 e. The third kappa shape index (κ3) is 2.24. The fourth-order valence-electron chi connectivity index (χ4n) is 5.31. The van der Waals surface area contributed by atoms with Crippen LogP contribution in [0.5, 0.6) is 0 Å². The first kappa shape index (κ1) is 16.0. The predicted molar refractivity (Wildman–Crippen MR) is 94.9 cm³/mol. The number of fused-ring (bicyclic) bond motifs is 4. The highest BCUT2D eigenvalue weighted by atomic mass is 16.5. The standard InChI is InChI=1S/C20H24N4O2/c1-20-9-4-10-24(16(20)8-7-13-11-21-12-22-18(13)20)19(25)17-14-5-2-3-6-15(14)26-23-17/h11-12,16H,2-10H2,1H3/t16-,20+/m0/s1. The summed E-state index contributed by atoms with van der Waals surface area (Å²) in [5.41, 5.74) is 3.86. The van der Waals surface area contributed by atoms with E-state index in [1.807, 2.05) is 6.20 Å². The number of likely N-dealkylation sites (tertiary alicyclic amines) is 1. The zero-order valence-electron chi connectivity index (χ0n) is 15.2. The lowest BCUT2D eigenvalue weighted by molar-refractivity contribution is 0.0369. The second-order valence-corrected chi connectivity index (χ2v) is 8.11. The van der Waals surface area contributed by atoms with Crippen LogP contribution in [0.2, 0.25) is 0 Å². The molecule has 0 radical (unpaired) electrons. The van der Waals surface area contributed by atoms with Gasteiger partial charge in [-0.2, -0.15) is 0 Å². The molecule has 3 heterocycles. The van der Waals surface area contributed by atoms with Crippen molar-refractivity contribution in [2.75, 3.05) is 6.54 Å². The summed E-state index contributed by atoms with van der Waals surface area (Å²) < 4.78 is 5.50. The summed E-state index contributed by atoms with van der Waals surface area (Å²) >= 11 is 0. The first-order valence-corrected chi connectivity index (χ1v) is 9.76. The second-order valence-electron chi connectivity index (χ2n) is 8.11. The van der Waals surface area contributed by atoms with Gasteiger partial charge in [-0.05, 0) is 50.5 Å². The molecule has 1 aliphatic heterocycles. The van der Waals surface area contributed by atoms with E-state index in [4.69, 9.17) is 4.52 Å². The number of piperidine rings is 1. The summed E-state index contributed by atoms with van der Waals surface area (Å²) in [6.45, 7) is 3.06. The minimum Gasteiger partial charge on any atom is -0.360 e. The van der Waals surface area contributed by atoms with E-state index in [9.17, 15) is 4.79 Å². The maximum atomic E-state index is 13.4. The molecule has 6 heteroatoms. The Bertz CT molecular complexity index is 861. The predicted octanol–water partition coefficient (Wildman–Crippen LogP) is 2.85. The Morgan fingerprint density at radius 1 is 1.27 bits per heavy atom. The van der Waals surface area contributed by atoms with E-state index in [2.05, 4.69) is 26.9 Å². The van der Waals surface area contributed by atoms with Crippen LogP contribution in [0.1, 0.15) is 72.1 Å². The number of nitrogens with zero attached hydrogens (tertiary/aromatic N) is 4. The number of aryl methyl sites for hydroxylation is 2. The number of carbonyl (C=O) groups is 1. The van der Waals surface area contributed by atoms with Gasteiger partial charge in [0.2, 0.25) is 0 Å². The van der Waals surface area contributed by atoms with Crippen LogP contribution in [0, 0.1) is 0 Å². The van der Waals surface area contributed by atoms with Crippen LogP contribution in [0.4, 0.5) is 0 Å². The van der Waals surface area contributed by atoms with E-state index in [1.54, 1.807) is 6.33 Å². The monoisotopic (exact) mass is 352 g/mol. The lowest BCUT2D eigenvalue weighted by Crippen LogP contribution is -2.58. The summed E-state index contributed by atoms with van der Waals surface area (Å²) in [7, 11) is 0. The molecule has 2 aromatic rings. The maximum absolute atomic E-state index is 13.4. The van der Waals surface area contributed by atoms with Gasteiger partial charge in [0, 0.05) is 36.2 Å². The fourth-order valence-corrected chi connectivity index (χ4v) is 5.31. The molecule has 2 aromatic heterocycles. The second kappa shape index (κ2) is 5.89. The Morgan fingerprint density at radius 3 is 3.08 bits per heavy atom. The number of hydrogen-bond acceptors (Lipinski definition) is 5. The molecule has 136 valence electrons. The molecule has 0 bridgehead atoms. The molecule has 1 amide bonds. The van der Waals surface area contributed by atoms with Crippen molar-refractivity contribution in [2.24, 2.45) is 0 Å². The van der Waals surface area contributed by atoms with Crippen molar-refractivity contribution < 1.29 is 9.32 Å². The van der Waals surface area contributed by atoms with Gasteiger partial charge in [0.05, 0.1) is 5.69 Å². The molecular formula is C20H24N4O2. The molecule has 2 atom stereocenters. The van der Waals surface area contributed by atoms with Crippen molar-refractivity contribution in [1.82, 2.24) is 20.0 Å². The van der Waals surface area contributed by atoms with Crippen molar-refractivity contribution >= 4 is 5.91 Å². The van der Waals surface area contributed by atoms with Gasteiger partial charge in [-0.1, -0.05) is 12.1 Å². The fraction of sp³-hybridized carbons (Fsp3) is 0.600. The van der Waals surface area contributed by atoms with Gasteiger partial charge in [-0.3, -0.25) is 4.79 Å². The van der Waals surface area contributed by atoms with Crippen molar-refractivity contribution in [3.05, 3.63) is 40.8 Å². The number of carbonyl (C=O) groups excluding carboxylic acids is 1. The molecule has 0 unspecified atom stereocenters. The Morgan fingerprint density at radius 2 is 2.15 bits per heavy atom. The largest absolute Gasteiger partial charge is 0.360 e. The molecule has 1 fully saturated rings. The first-order chi connectivity index (χ1) is 12.7. The third-order valence-corrected chi connectivity index (χ3v) is 6.64. The molecule has 26 heavy (non-hydrogen) atoms. The van der Waals surface area contributed by atoms with Gasteiger partial charge in [0.1, 0.15) is 12.1 Å². The Balaban J connectivity index is 1.51. The smallest absolute Gasteiger partial charge is 0.276 e. The van der Waals surface area contributed by atoms with Crippen LogP contribution in [0.25, 0.3) is 0 Å². The Kier molecular flexibility index (Phi) is 3.62. The topological polar surface area (TPSA) is 72.1 Å². The zero-order chi connectivity index (χ0) is 17.7. The minimum atomic E-state index is -0.103. The zero-order valence-corrected chi connectivity index (χ0v) is 15.2. The third-order valence-electron chi connectivity index (χ3n) is 6.64. The Labute approximate surface area is 153 Å². The molecule has 5 rings (SSSR count). The van der Waals surface area contributed by atoms with E-state index in [0.717, 1.165) is 74.9 Å². The lowest BCUT2D eigenvalue weighted by atomic mass is 9.65. The van der Waals surface area contributed by atoms with Crippen LogP contribution in [0.15, 0.2) is 17.0 Å². The van der Waals surface area contributed by atoms with Gasteiger partial charge >= 0.3 is 0 Å². The number of rotatable bonds is 1. The minimum absolute atomic E-state index is 0.0466. The van der Waals surface area contributed by atoms with Crippen molar-refractivity contribution in [3.8, 4) is 0 Å². The van der Waals surface area contributed by atoms with E-state index in [0.29, 0.717) is 5.69 Å². The average molecular weight is 352 g/mol. The van der Waals surface area contributed by atoms with Crippen LogP contribution >= 0.6 is 0 Å². The summed E-state index contributed by atoms with van der Waals surface area (Å²) in [4.78, 5) is 24.3. The van der Waals surface area contributed by atoms with Crippen molar-refractivity contribution in [1.29, 1.82) is 0 Å². The molecule has 0 aromatic carbocycles. The van der Waals surface area contributed by atoms with E-state index >= 15 is 0 Å². The molecule has 1 saturated heterocycles. The van der Waals surface area contributed by atoms with Crippen molar-refractivity contribution in [3.63, 3.8) is 0 Å². The SMILES string of the molecule is C[C@@]12CCCN(C(=O)c3noc4c3CCCC4)[C@H]1CCc1cncnc12. The Hall–Kier alpha value is -2.24. The van der Waals surface area contributed by atoms with E-state index in [-0.39, 0.29) is 17.4 Å². The quantitative estimate of drug-likeness (QED) is 0.789. The van der Waals surface area contributed by atoms with Crippen LogP contribution in [-0.2, 0) is 24.7 Å².